The number of rotatable bonds is 4. The molecule has 2 N–H and O–H groups in total. The van der Waals surface area contributed by atoms with E-state index in [1.54, 1.807) is 18.2 Å². The summed E-state index contributed by atoms with van der Waals surface area (Å²) in [5, 5.41) is 27.9. The molecule has 0 radical (unpaired) electrons. The van der Waals surface area contributed by atoms with E-state index in [2.05, 4.69) is 0 Å². The average Bonchev–Trinajstić information content (AvgIpc) is 2.28. The summed E-state index contributed by atoms with van der Waals surface area (Å²) in [5.41, 5.74) is 1.65. The Morgan fingerprint density at radius 3 is 2.73 bits per heavy atom. The summed E-state index contributed by atoms with van der Waals surface area (Å²) in [5.74, 6) is 0. The average molecular weight is 205 g/mol. The summed E-state index contributed by atoms with van der Waals surface area (Å²) in [6.07, 6.45) is 0.783. The molecule has 0 saturated carbocycles. The first-order valence-corrected chi connectivity index (χ1v) is 5.05. The number of aliphatic hydroxyl groups is 2. The van der Waals surface area contributed by atoms with Crippen molar-refractivity contribution in [2.45, 2.75) is 32.5 Å². The Kier molecular flexibility index (Phi) is 4.29. The molecule has 3 heteroatoms. The second kappa shape index (κ2) is 5.50. The van der Waals surface area contributed by atoms with E-state index in [4.69, 9.17) is 10.4 Å². The maximum absolute atomic E-state index is 9.88. The Balaban J connectivity index is 3.17. The van der Waals surface area contributed by atoms with Crippen LogP contribution >= 0.6 is 0 Å². The van der Waals surface area contributed by atoms with Gasteiger partial charge in [0.15, 0.2) is 0 Å². The van der Waals surface area contributed by atoms with Crippen LogP contribution in [0.3, 0.4) is 0 Å². The van der Waals surface area contributed by atoms with Crippen LogP contribution in [0.4, 0.5) is 0 Å². The number of hydrogen-bond donors (Lipinski definition) is 2. The molecule has 0 aliphatic carbocycles. The maximum Gasteiger partial charge on any atom is 0.0995 e. The number of aliphatic hydroxyl groups excluding tert-OH is 2. The topological polar surface area (TPSA) is 64.2 Å². The quantitative estimate of drug-likeness (QED) is 0.788. The van der Waals surface area contributed by atoms with Crippen molar-refractivity contribution >= 4 is 0 Å². The summed E-state index contributed by atoms with van der Waals surface area (Å²) in [4.78, 5) is 0. The van der Waals surface area contributed by atoms with Crippen LogP contribution in [0.5, 0.6) is 0 Å². The second-order valence-corrected chi connectivity index (χ2v) is 3.45. The highest BCUT2D eigenvalue weighted by molar-refractivity contribution is 5.44. The van der Waals surface area contributed by atoms with Crippen LogP contribution in [0.25, 0.3) is 0 Å². The van der Waals surface area contributed by atoms with Crippen molar-refractivity contribution in [2.24, 2.45) is 0 Å². The van der Waals surface area contributed by atoms with Crippen LogP contribution in [-0.4, -0.2) is 10.2 Å². The zero-order valence-corrected chi connectivity index (χ0v) is 8.77. The Labute approximate surface area is 89.6 Å². The summed E-state index contributed by atoms with van der Waals surface area (Å²) in [6, 6.07) is 7.14. The summed E-state index contributed by atoms with van der Waals surface area (Å²) in [7, 11) is 0. The van der Waals surface area contributed by atoms with Crippen molar-refractivity contribution in [2.75, 3.05) is 0 Å². The largest absolute Gasteiger partial charge is 0.392 e. The normalized spacial score (nSPS) is 12.1. The third-order valence-electron chi connectivity index (χ3n) is 2.38. The van der Waals surface area contributed by atoms with Gasteiger partial charge in [0.2, 0.25) is 0 Å². The molecule has 15 heavy (non-hydrogen) atoms. The number of hydrogen-bond acceptors (Lipinski definition) is 3. The zero-order chi connectivity index (χ0) is 11.3. The molecular formula is C12H15NO2. The fraction of sp³-hybridized carbons (Fsp3) is 0.417. The number of nitrogens with zero attached hydrogens (tertiary/aromatic N) is 1. The fourth-order valence-electron chi connectivity index (χ4n) is 1.66. The van der Waals surface area contributed by atoms with Gasteiger partial charge in [0.05, 0.1) is 24.3 Å². The lowest BCUT2D eigenvalue weighted by molar-refractivity contribution is 0.162. The van der Waals surface area contributed by atoms with Gasteiger partial charge in [-0.25, -0.2) is 0 Å². The molecular weight excluding hydrogens is 190 g/mol. The minimum atomic E-state index is -0.659. The zero-order valence-electron chi connectivity index (χ0n) is 8.77. The Morgan fingerprint density at radius 1 is 1.47 bits per heavy atom. The van der Waals surface area contributed by atoms with Crippen molar-refractivity contribution in [1.82, 2.24) is 0 Å². The highest BCUT2D eigenvalue weighted by Crippen LogP contribution is 2.25. The number of benzene rings is 1. The molecule has 3 nitrogen and oxygen atoms in total. The van der Waals surface area contributed by atoms with Crippen LogP contribution in [0.15, 0.2) is 18.2 Å². The van der Waals surface area contributed by atoms with Gasteiger partial charge in [-0.05, 0) is 18.1 Å². The lowest BCUT2D eigenvalue weighted by Crippen LogP contribution is -2.05. The lowest BCUT2D eigenvalue weighted by Gasteiger charge is -2.15. The molecule has 0 amide bonds. The molecule has 0 spiro atoms. The van der Waals surface area contributed by atoms with Crippen molar-refractivity contribution in [1.29, 1.82) is 5.26 Å². The van der Waals surface area contributed by atoms with E-state index in [0.717, 1.165) is 6.42 Å². The monoisotopic (exact) mass is 205 g/mol. The number of nitriles is 1. The molecule has 0 saturated heterocycles. The Morgan fingerprint density at radius 2 is 2.20 bits per heavy atom. The third-order valence-corrected chi connectivity index (χ3v) is 2.38. The van der Waals surface area contributed by atoms with E-state index in [9.17, 15) is 5.11 Å². The van der Waals surface area contributed by atoms with Gasteiger partial charge in [-0.3, -0.25) is 0 Å². The molecule has 0 aliphatic rings. The van der Waals surface area contributed by atoms with Gasteiger partial charge in [0.1, 0.15) is 0 Å². The van der Waals surface area contributed by atoms with Crippen molar-refractivity contribution in [3.8, 4) is 6.07 Å². The predicted octanol–water partition coefficient (Wildman–Crippen LogP) is 1.88. The maximum atomic E-state index is 9.88. The SMILES string of the molecule is CCCC(O)c1c(C#N)cccc1CO. The minimum absolute atomic E-state index is 0.147. The van der Waals surface area contributed by atoms with E-state index >= 15 is 0 Å². The molecule has 1 aromatic carbocycles. The molecule has 80 valence electrons. The van der Waals surface area contributed by atoms with Crippen LogP contribution in [0.1, 0.15) is 42.6 Å². The Hall–Kier alpha value is -1.37. The van der Waals surface area contributed by atoms with Crippen LogP contribution in [0, 0.1) is 11.3 Å². The molecule has 1 unspecified atom stereocenters. The van der Waals surface area contributed by atoms with E-state index in [-0.39, 0.29) is 6.61 Å². The standard InChI is InChI=1S/C12H15NO2/c1-2-4-11(15)12-9(7-13)5-3-6-10(12)8-14/h3,5-6,11,14-15H,2,4,8H2,1H3. The molecule has 1 aromatic rings. The smallest absolute Gasteiger partial charge is 0.0995 e. The fourth-order valence-corrected chi connectivity index (χ4v) is 1.66. The highest BCUT2D eigenvalue weighted by atomic mass is 16.3. The van der Waals surface area contributed by atoms with E-state index in [1.165, 1.54) is 0 Å². The molecule has 0 aromatic heterocycles. The molecule has 0 bridgehead atoms. The van der Waals surface area contributed by atoms with Gasteiger partial charge in [-0.1, -0.05) is 25.5 Å². The predicted molar refractivity (Wildman–Crippen MR) is 56.9 cm³/mol. The van der Waals surface area contributed by atoms with Gasteiger partial charge in [-0.15, -0.1) is 0 Å². The van der Waals surface area contributed by atoms with Gasteiger partial charge in [0.25, 0.3) is 0 Å². The van der Waals surface area contributed by atoms with E-state index in [0.29, 0.717) is 23.1 Å². The summed E-state index contributed by atoms with van der Waals surface area (Å²) in [6.45, 7) is 1.82. The summed E-state index contributed by atoms with van der Waals surface area (Å²) >= 11 is 0. The van der Waals surface area contributed by atoms with Crippen LogP contribution in [0.2, 0.25) is 0 Å². The third kappa shape index (κ3) is 2.56. The van der Waals surface area contributed by atoms with Crippen LogP contribution < -0.4 is 0 Å². The van der Waals surface area contributed by atoms with Gasteiger partial charge < -0.3 is 10.2 Å². The molecule has 0 fully saturated rings. The lowest BCUT2D eigenvalue weighted by atomic mass is 9.95. The molecule has 0 aliphatic heterocycles. The van der Waals surface area contributed by atoms with Gasteiger partial charge in [0, 0.05) is 5.56 Å². The first kappa shape index (κ1) is 11.7. The first-order valence-electron chi connectivity index (χ1n) is 5.05. The second-order valence-electron chi connectivity index (χ2n) is 3.45. The van der Waals surface area contributed by atoms with E-state index in [1.807, 2.05) is 13.0 Å². The van der Waals surface area contributed by atoms with Crippen molar-refractivity contribution < 1.29 is 10.2 Å². The van der Waals surface area contributed by atoms with Gasteiger partial charge >= 0.3 is 0 Å². The van der Waals surface area contributed by atoms with Crippen molar-refractivity contribution in [3.05, 3.63) is 34.9 Å². The highest BCUT2D eigenvalue weighted by Gasteiger charge is 2.15. The molecule has 1 atom stereocenters. The minimum Gasteiger partial charge on any atom is -0.392 e. The Bertz CT molecular complexity index is 368. The molecule has 1 rings (SSSR count). The van der Waals surface area contributed by atoms with E-state index < -0.39 is 6.10 Å². The van der Waals surface area contributed by atoms with Gasteiger partial charge in [-0.2, -0.15) is 5.26 Å². The summed E-state index contributed by atoms with van der Waals surface area (Å²) < 4.78 is 0. The first-order chi connectivity index (χ1) is 7.24. The van der Waals surface area contributed by atoms with Crippen molar-refractivity contribution in [3.63, 3.8) is 0 Å². The van der Waals surface area contributed by atoms with Crippen LogP contribution in [-0.2, 0) is 6.61 Å². The molecule has 0 heterocycles.